The van der Waals surface area contributed by atoms with Crippen LogP contribution in [0.2, 0.25) is 0 Å². The normalized spacial score (nSPS) is 15.3. The summed E-state index contributed by atoms with van der Waals surface area (Å²) in [4.78, 5) is 25.9. The number of anilines is 1. The summed E-state index contributed by atoms with van der Waals surface area (Å²) in [6, 6.07) is 6.39. The van der Waals surface area contributed by atoms with Gasteiger partial charge in [-0.3, -0.25) is 4.79 Å². The molecular formula is C22H30FN5O. The summed E-state index contributed by atoms with van der Waals surface area (Å²) in [5.41, 5.74) is 2.58. The molecule has 29 heavy (non-hydrogen) atoms. The summed E-state index contributed by atoms with van der Waals surface area (Å²) < 4.78 is 13.4. The molecule has 1 atom stereocenters. The first-order valence-electron chi connectivity index (χ1n) is 10.2. The number of carbonyl (C=O) groups is 1. The SMILES string of the molecule is Cc1nc(NCCN2CCCC2)c(C(C)c2ccc(F)cc2)nc1C(=O)N(C)C. The maximum absolute atomic E-state index is 13.4. The molecule has 2 aromatic rings. The maximum atomic E-state index is 13.4. The van der Waals surface area contributed by atoms with E-state index in [1.54, 1.807) is 26.2 Å². The Balaban J connectivity index is 1.90. The van der Waals surface area contributed by atoms with Gasteiger partial charge >= 0.3 is 0 Å². The summed E-state index contributed by atoms with van der Waals surface area (Å²) in [6.07, 6.45) is 2.51. The number of aryl methyl sites for hydroxylation is 1. The van der Waals surface area contributed by atoms with Gasteiger partial charge in [-0.15, -0.1) is 0 Å². The van der Waals surface area contributed by atoms with Crippen molar-refractivity contribution >= 4 is 11.7 Å². The second kappa shape index (κ2) is 9.31. The van der Waals surface area contributed by atoms with E-state index in [2.05, 4.69) is 10.2 Å². The summed E-state index contributed by atoms with van der Waals surface area (Å²) in [6.45, 7) is 7.80. The number of rotatable bonds is 7. The predicted molar refractivity (Wildman–Crippen MR) is 113 cm³/mol. The molecule has 1 fully saturated rings. The van der Waals surface area contributed by atoms with Crippen LogP contribution in [0.3, 0.4) is 0 Å². The maximum Gasteiger partial charge on any atom is 0.273 e. The standard InChI is InChI=1S/C22H30FN5O/c1-15(17-7-9-18(23)10-8-17)19-21(24-11-14-28-12-5-6-13-28)25-16(2)20(26-19)22(29)27(3)4/h7-10,15H,5-6,11-14H2,1-4H3,(H,24,25). The summed E-state index contributed by atoms with van der Waals surface area (Å²) in [5.74, 6) is 0.107. The molecule has 0 radical (unpaired) electrons. The summed E-state index contributed by atoms with van der Waals surface area (Å²) in [7, 11) is 3.41. The van der Waals surface area contributed by atoms with Crippen LogP contribution in [0.5, 0.6) is 0 Å². The summed E-state index contributed by atoms with van der Waals surface area (Å²) >= 11 is 0. The highest BCUT2D eigenvalue weighted by molar-refractivity contribution is 5.93. The van der Waals surface area contributed by atoms with Gasteiger partial charge < -0.3 is 15.1 Å². The van der Waals surface area contributed by atoms with Crippen molar-refractivity contribution in [3.8, 4) is 0 Å². The minimum absolute atomic E-state index is 0.133. The fraction of sp³-hybridized carbons (Fsp3) is 0.500. The van der Waals surface area contributed by atoms with Crippen molar-refractivity contribution in [2.75, 3.05) is 45.6 Å². The van der Waals surface area contributed by atoms with Crippen LogP contribution in [0, 0.1) is 12.7 Å². The van der Waals surface area contributed by atoms with Gasteiger partial charge in [0.05, 0.1) is 11.4 Å². The third-order valence-corrected chi connectivity index (χ3v) is 5.41. The summed E-state index contributed by atoms with van der Waals surface area (Å²) in [5, 5.41) is 3.42. The number of amides is 1. The zero-order valence-electron chi connectivity index (χ0n) is 17.7. The van der Waals surface area contributed by atoms with Crippen molar-refractivity contribution in [3.05, 3.63) is 52.7 Å². The fourth-order valence-corrected chi connectivity index (χ4v) is 3.63. The van der Waals surface area contributed by atoms with Crippen LogP contribution in [0.15, 0.2) is 24.3 Å². The highest BCUT2D eigenvalue weighted by atomic mass is 19.1. The number of hydrogen-bond donors (Lipinski definition) is 1. The van der Waals surface area contributed by atoms with Crippen molar-refractivity contribution in [1.29, 1.82) is 0 Å². The number of benzene rings is 1. The van der Waals surface area contributed by atoms with E-state index >= 15 is 0 Å². The number of aromatic nitrogens is 2. The fourth-order valence-electron chi connectivity index (χ4n) is 3.63. The van der Waals surface area contributed by atoms with Crippen LogP contribution in [-0.2, 0) is 0 Å². The van der Waals surface area contributed by atoms with Gasteiger partial charge in [-0.1, -0.05) is 19.1 Å². The first kappa shape index (κ1) is 21.2. The molecule has 156 valence electrons. The van der Waals surface area contributed by atoms with Crippen LogP contribution in [-0.4, -0.2) is 65.9 Å². The van der Waals surface area contributed by atoms with E-state index in [0.29, 0.717) is 22.9 Å². The third-order valence-electron chi connectivity index (χ3n) is 5.41. The van der Waals surface area contributed by atoms with Gasteiger partial charge in [0.25, 0.3) is 5.91 Å². The molecule has 7 heteroatoms. The van der Waals surface area contributed by atoms with Crippen LogP contribution >= 0.6 is 0 Å². The predicted octanol–water partition coefficient (Wildman–Crippen LogP) is 3.29. The average molecular weight is 400 g/mol. The number of nitrogens with zero attached hydrogens (tertiary/aromatic N) is 4. The van der Waals surface area contributed by atoms with Crippen LogP contribution in [0.1, 0.15) is 53.1 Å². The Labute approximate surface area is 172 Å². The van der Waals surface area contributed by atoms with Crippen molar-refractivity contribution < 1.29 is 9.18 Å². The highest BCUT2D eigenvalue weighted by Gasteiger charge is 2.23. The van der Waals surface area contributed by atoms with Gasteiger partial charge in [0.15, 0.2) is 0 Å². The molecule has 6 nitrogen and oxygen atoms in total. The van der Waals surface area contributed by atoms with Crippen LogP contribution in [0.25, 0.3) is 0 Å². The molecule has 1 aromatic heterocycles. The van der Waals surface area contributed by atoms with Gasteiger partial charge in [-0.05, 0) is 50.6 Å². The zero-order valence-corrected chi connectivity index (χ0v) is 17.7. The Kier molecular flexibility index (Phi) is 6.79. The minimum Gasteiger partial charge on any atom is -0.367 e. The highest BCUT2D eigenvalue weighted by Crippen LogP contribution is 2.29. The van der Waals surface area contributed by atoms with Crippen LogP contribution < -0.4 is 5.32 Å². The van der Waals surface area contributed by atoms with E-state index in [1.807, 2.05) is 13.8 Å². The number of hydrogen-bond acceptors (Lipinski definition) is 5. The number of halogens is 1. The molecule has 1 amide bonds. The molecule has 0 saturated carbocycles. The zero-order chi connectivity index (χ0) is 21.0. The van der Waals surface area contributed by atoms with Gasteiger partial charge in [0.1, 0.15) is 17.3 Å². The lowest BCUT2D eigenvalue weighted by Crippen LogP contribution is -2.28. The lowest BCUT2D eigenvalue weighted by molar-refractivity contribution is 0.0820. The minimum atomic E-state index is -0.275. The van der Waals surface area contributed by atoms with E-state index < -0.39 is 0 Å². The smallest absolute Gasteiger partial charge is 0.273 e. The quantitative estimate of drug-likeness (QED) is 0.774. The Bertz CT molecular complexity index is 847. The van der Waals surface area contributed by atoms with Crippen molar-refractivity contribution in [1.82, 2.24) is 19.8 Å². The Morgan fingerprint density at radius 2 is 1.86 bits per heavy atom. The van der Waals surface area contributed by atoms with Gasteiger partial charge in [0, 0.05) is 33.1 Å². The second-order valence-electron chi connectivity index (χ2n) is 7.84. The topological polar surface area (TPSA) is 61.4 Å². The number of likely N-dealkylation sites (tertiary alicyclic amines) is 1. The Morgan fingerprint density at radius 3 is 2.48 bits per heavy atom. The molecule has 0 aliphatic carbocycles. The van der Waals surface area contributed by atoms with E-state index in [-0.39, 0.29) is 17.6 Å². The van der Waals surface area contributed by atoms with E-state index in [0.717, 1.165) is 31.7 Å². The molecule has 1 N–H and O–H groups in total. The largest absolute Gasteiger partial charge is 0.367 e. The van der Waals surface area contributed by atoms with Gasteiger partial charge in [-0.25, -0.2) is 14.4 Å². The van der Waals surface area contributed by atoms with Gasteiger partial charge in [0.2, 0.25) is 0 Å². The Morgan fingerprint density at radius 1 is 1.21 bits per heavy atom. The molecule has 1 aromatic carbocycles. The average Bonchev–Trinajstić information content (AvgIpc) is 3.21. The van der Waals surface area contributed by atoms with E-state index in [1.165, 1.54) is 29.9 Å². The molecule has 0 bridgehead atoms. The molecule has 0 spiro atoms. The second-order valence-corrected chi connectivity index (χ2v) is 7.84. The molecule has 1 aliphatic rings. The molecule has 1 saturated heterocycles. The molecule has 3 rings (SSSR count). The Hall–Kier alpha value is -2.54. The van der Waals surface area contributed by atoms with Crippen LogP contribution in [0.4, 0.5) is 10.2 Å². The lowest BCUT2D eigenvalue weighted by Gasteiger charge is -2.21. The third kappa shape index (κ3) is 5.09. The first-order valence-corrected chi connectivity index (χ1v) is 10.2. The monoisotopic (exact) mass is 399 g/mol. The molecule has 1 unspecified atom stereocenters. The van der Waals surface area contributed by atoms with E-state index in [4.69, 9.17) is 9.97 Å². The van der Waals surface area contributed by atoms with Crippen molar-refractivity contribution in [2.45, 2.75) is 32.6 Å². The number of carbonyl (C=O) groups excluding carboxylic acids is 1. The first-order chi connectivity index (χ1) is 13.9. The van der Waals surface area contributed by atoms with Crippen molar-refractivity contribution in [2.24, 2.45) is 0 Å². The molecule has 2 heterocycles. The number of nitrogens with one attached hydrogen (secondary N) is 1. The van der Waals surface area contributed by atoms with Crippen molar-refractivity contribution in [3.63, 3.8) is 0 Å². The van der Waals surface area contributed by atoms with Gasteiger partial charge in [-0.2, -0.15) is 0 Å². The molecular weight excluding hydrogens is 369 g/mol. The molecule has 1 aliphatic heterocycles. The lowest BCUT2D eigenvalue weighted by atomic mass is 9.97. The van der Waals surface area contributed by atoms with E-state index in [9.17, 15) is 9.18 Å².